The lowest BCUT2D eigenvalue weighted by Gasteiger charge is -2.05. The topological polar surface area (TPSA) is 84.3 Å². The predicted octanol–water partition coefficient (Wildman–Crippen LogP) is 2.53. The zero-order chi connectivity index (χ0) is 13.7. The molecule has 0 unspecified atom stereocenters. The number of nitrogens with zero attached hydrogens (tertiary/aromatic N) is 2. The van der Waals surface area contributed by atoms with E-state index in [1.165, 1.54) is 12.4 Å². The van der Waals surface area contributed by atoms with E-state index in [9.17, 15) is 4.79 Å². The molecular weight excluding hydrogens is 314 g/mol. The maximum absolute atomic E-state index is 10.4. The summed E-state index contributed by atoms with van der Waals surface area (Å²) in [4.78, 5) is 18.4. The van der Waals surface area contributed by atoms with Crippen molar-refractivity contribution in [2.75, 3.05) is 11.9 Å². The molecule has 0 aliphatic heterocycles. The summed E-state index contributed by atoms with van der Waals surface area (Å²) in [6.07, 6.45) is 2.84. The van der Waals surface area contributed by atoms with E-state index in [2.05, 4.69) is 31.2 Å². The summed E-state index contributed by atoms with van der Waals surface area (Å²) < 4.78 is 6.43. The van der Waals surface area contributed by atoms with E-state index < -0.39 is 5.97 Å². The molecule has 6 nitrogen and oxygen atoms in total. The molecule has 0 saturated heterocycles. The van der Waals surface area contributed by atoms with Gasteiger partial charge in [0.05, 0.1) is 12.4 Å². The van der Waals surface area contributed by atoms with Crippen LogP contribution in [0.3, 0.4) is 0 Å². The van der Waals surface area contributed by atoms with Crippen molar-refractivity contribution in [2.24, 2.45) is 0 Å². The van der Waals surface area contributed by atoms with Crippen LogP contribution < -0.4 is 10.1 Å². The van der Waals surface area contributed by atoms with Crippen LogP contribution in [0.5, 0.6) is 11.6 Å². The van der Waals surface area contributed by atoms with Crippen molar-refractivity contribution in [3.05, 3.63) is 41.1 Å². The van der Waals surface area contributed by atoms with Crippen molar-refractivity contribution in [2.45, 2.75) is 0 Å². The molecule has 0 aliphatic carbocycles. The van der Waals surface area contributed by atoms with Gasteiger partial charge in [-0.1, -0.05) is 15.9 Å². The lowest BCUT2D eigenvalue weighted by molar-refractivity contribution is -0.134. The number of hydrogen-bond donors (Lipinski definition) is 2. The number of carboxylic acid groups (broad SMARTS) is 1. The Morgan fingerprint density at radius 2 is 2.00 bits per heavy atom. The molecule has 98 valence electrons. The van der Waals surface area contributed by atoms with Crippen LogP contribution in [-0.2, 0) is 4.79 Å². The first-order chi connectivity index (χ1) is 9.13. The van der Waals surface area contributed by atoms with E-state index in [0.29, 0.717) is 17.4 Å². The molecule has 0 saturated carbocycles. The smallest absolute Gasteiger partial charge is 0.322 e. The number of carbonyl (C=O) groups is 1. The van der Waals surface area contributed by atoms with Gasteiger partial charge in [-0.25, -0.2) is 9.97 Å². The number of carboxylic acids is 1. The van der Waals surface area contributed by atoms with Crippen LogP contribution in [-0.4, -0.2) is 27.6 Å². The fraction of sp³-hybridized carbons (Fsp3) is 0.0833. The Hall–Kier alpha value is -2.15. The Morgan fingerprint density at radius 3 is 2.58 bits per heavy atom. The molecule has 2 N–H and O–H groups in total. The van der Waals surface area contributed by atoms with Crippen molar-refractivity contribution in [3.63, 3.8) is 0 Å². The van der Waals surface area contributed by atoms with Crippen LogP contribution in [0.1, 0.15) is 0 Å². The molecule has 0 fully saturated rings. The zero-order valence-electron chi connectivity index (χ0n) is 9.71. The second-order valence-electron chi connectivity index (χ2n) is 3.54. The van der Waals surface area contributed by atoms with E-state index >= 15 is 0 Å². The van der Waals surface area contributed by atoms with Crippen LogP contribution >= 0.6 is 15.9 Å². The van der Waals surface area contributed by atoms with Crippen LogP contribution in [0.2, 0.25) is 0 Å². The molecule has 0 amide bonds. The first-order valence-corrected chi connectivity index (χ1v) is 6.14. The standard InChI is InChI=1S/C12H10BrN3O3/c13-8-1-3-9(4-2-8)19-11-6-14-10(5-16-11)15-7-12(17)18/h1-6H,7H2,(H,14,15)(H,17,18). The molecule has 2 rings (SSSR count). The molecule has 1 heterocycles. The van der Waals surface area contributed by atoms with Gasteiger partial charge in [-0.3, -0.25) is 4.79 Å². The summed E-state index contributed by atoms with van der Waals surface area (Å²) >= 11 is 3.33. The molecule has 0 spiro atoms. The SMILES string of the molecule is O=C(O)CNc1cnc(Oc2ccc(Br)cc2)cn1. The molecule has 0 radical (unpaired) electrons. The summed E-state index contributed by atoms with van der Waals surface area (Å²) in [5.41, 5.74) is 0. The summed E-state index contributed by atoms with van der Waals surface area (Å²) in [7, 11) is 0. The Bertz CT molecular complexity index is 557. The van der Waals surface area contributed by atoms with Gasteiger partial charge in [-0.05, 0) is 24.3 Å². The van der Waals surface area contributed by atoms with E-state index in [4.69, 9.17) is 9.84 Å². The molecule has 0 bridgehead atoms. The molecule has 7 heteroatoms. The van der Waals surface area contributed by atoms with Gasteiger partial charge in [0.25, 0.3) is 0 Å². The van der Waals surface area contributed by atoms with Crippen LogP contribution in [0.25, 0.3) is 0 Å². The van der Waals surface area contributed by atoms with E-state index in [1.54, 1.807) is 12.1 Å². The van der Waals surface area contributed by atoms with Crippen LogP contribution in [0.4, 0.5) is 5.82 Å². The summed E-state index contributed by atoms with van der Waals surface area (Å²) in [5.74, 6) is 0.398. The third kappa shape index (κ3) is 4.22. The summed E-state index contributed by atoms with van der Waals surface area (Å²) in [5, 5.41) is 11.1. The van der Waals surface area contributed by atoms with Gasteiger partial charge in [0.15, 0.2) is 0 Å². The van der Waals surface area contributed by atoms with E-state index in [0.717, 1.165) is 4.47 Å². The van der Waals surface area contributed by atoms with E-state index in [-0.39, 0.29) is 6.54 Å². The lowest BCUT2D eigenvalue weighted by atomic mass is 10.3. The predicted molar refractivity (Wildman–Crippen MR) is 72.4 cm³/mol. The van der Waals surface area contributed by atoms with Crippen LogP contribution in [0, 0.1) is 0 Å². The largest absolute Gasteiger partial charge is 0.480 e. The number of nitrogens with one attached hydrogen (secondary N) is 1. The van der Waals surface area contributed by atoms with Crippen molar-refractivity contribution in [1.29, 1.82) is 0 Å². The van der Waals surface area contributed by atoms with Gasteiger partial charge in [0.1, 0.15) is 18.1 Å². The number of halogens is 1. The minimum Gasteiger partial charge on any atom is -0.480 e. The van der Waals surface area contributed by atoms with Gasteiger partial charge in [0, 0.05) is 4.47 Å². The number of hydrogen-bond acceptors (Lipinski definition) is 5. The molecule has 0 atom stereocenters. The molecule has 0 aliphatic rings. The van der Waals surface area contributed by atoms with Crippen molar-refractivity contribution in [3.8, 4) is 11.6 Å². The highest BCUT2D eigenvalue weighted by Crippen LogP contribution is 2.21. The average Bonchev–Trinajstić information content (AvgIpc) is 2.40. The average molecular weight is 324 g/mol. The third-order valence-corrected chi connectivity index (χ3v) is 2.61. The number of anilines is 1. The second kappa shape index (κ2) is 6.14. The third-order valence-electron chi connectivity index (χ3n) is 2.08. The Kier molecular flexibility index (Phi) is 4.30. The molecule has 2 aromatic rings. The van der Waals surface area contributed by atoms with Crippen molar-refractivity contribution < 1.29 is 14.6 Å². The summed E-state index contributed by atoms with van der Waals surface area (Å²) in [6.45, 7) is -0.207. The maximum atomic E-state index is 10.4. The van der Waals surface area contributed by atoms with Gasteiger partial charge in [0.2, 0.25) is 5.88 Å². The van der Waals surface area contributed by atoms with E-state index in [1.807, 2.05) is 12.1 Å². The molecular formula is C12H10BrN3O3. The van der Waals surface area contributed by atoms with Crippen molar-refractivity contribution in [1.82, 2.24) is 9.97 Å². The number of benzene rings is 1. The minimum absolute atomic E-state index is 0.207. The quantitative estimate of drug-likeness (QED) is 0.879. The number of ether oxygens (including phenoxy) is 1. The normalized spacial score (nSPS) is 9.95. The first kappa shape index (κ1) is 13.3. The summed E-state index contributed by atoms with van der Waals surface area (Å²) in [6, 6.07) is 7.29. The Labute approximate surface area is 117 Å². The fourth-order valence-corrected chi connectivity index (χ4v) is 1.51. The number of aromatic nitrogens is 2. The Morgan fingerprint density at radius 1 is 1.26 bits per heavy atom. The first-order valence-electron chi connectivity index (χ1n) is 5.34. The Balaban J connectivity index is 1.98. The van der Waals surface area contributed by atoms with Crippen molar-refractivity contribution >= 4 is 27.7 Å². The zero-order valence-corrected chi connectivity index (χ0v) is 11.3. The van der Waals surface area contributed by atoms with Crippen LogP contribution in [0.15, 0.2) is 41.1 Å². The molecule has 1 aromatic heterocycles. The lowest BCUT2D eigenvalue weighted by Crippen LogP contribution is -2.13. The highest BCUT2D eigenvalue weighted by atomic mass is 79.9. The molecule has 1 aromatic carbocycles. The number of aliphatic carboxylic acids is 1. The van der Waals surface area contributed by atoms with Gasteiger partial charge < -0.3 is 15.2 Å². The minimum atomic E-state index is -0.961. The monoisotopic (exact) mass is 323 g/mol. The fourth-order valence-electron chi connectivity index (χ4n) is 1.25. The maximum Gasteiger partial charge on any atom is 0.322 e. The van der Waals surface area contributed by atoms with Gasteiger partial charge in [-0.15, -0.1) is 0 Å². The highest BCUT2D eigenvalue weighted by Gasteiger charge is 2.02. The number of rotatable bonds is 5. The van der Waals surface area contributed by atoms with Gasteiger partial charge >= 0.3 is 5.97 Å². The second-order valence-corrected chi connectivity index (χ2v) is 4.46. The van der Waals surface area contributed by atoms with Gasteiger partial charge in [-0.2, -0.15) is 0 Å². The highest BCUT2D eigenvalue weighted by molar-refractivity contribution is 9.10. The molecule has 19 heavy (non-hydrogen) atoms.